The molecular formula is C18H18N4O4. The normalized spacial score (nSPS) is 10.9. The summed E-state index contributed by atoms with van der Waals surface area (Å²) < 4.78 is 1.97. The molecule has 134 valence electrons. The van der Waals surface area contributed by atoms with Crippen molar-refractivity contribution in [1.29, 1.82) is 0 Å². The summed E-state index contributed by atoms with van der Waals surface area (Å²) in [4.78, 5) is 28.4. The van der Waals surface area contributed by atoms with E-state index in [1.165, 1.54) is 13.0 Å². The van der Waals surface area contributed by atoms with Gasteiger partial charge in [0.05, 0.1) is 22.5 Å². The standard InChI is InChI=1S/C18H18N4O4/c1-11-8-12(9-13(18(23)24)17(11)22(25)26)20(2)10-16-19-14-6-4-5-7-15(14)21(16)3/h4-9H,10H2,1-3H3,(H,23,24). The van der Waals surface area contributed by atoms with E-state index >= 15 is 0 Å². The average molecular weight is 354 g/mol. The van der Waals surface area contributed by atoms with Gasteiger partial charge in [-0.2, -0.15) is 0 Å². The van der Waals surface area contributed by atoms with Crippen molar-refractivity contribution in [2.45, 2.75) is 13.5 Å². The average Bonchev–Trinajstić information content (AvgIpc) is 2.90. The molecule has 0 saturated heterocycles. The molecule has 2 aromatic carbocycles. The third-order valence-corrected chi connectivity index (χ3v) is 4.40. The summed E-state index contributed by atoms with van der Waals surface area (Å²) in [7, 11) is 3.72. The first-order chi connectivity index (χ1) is 12.3. The number of anilines is 1. The van der Waals surface area contributed by atoms with Crippen molar-refractivity contribution in [2.24, 2.45) is 7.05 Å². The molecule has 0 bridgehead atoms. The second-order valence-corrected chi connectivity index (χ2v) is 6.15. The van der Waals surface area contributed by atoms with Crippen molar-refractivity contribution in [3.8, 4) is 0 Å². The molecule has 0 atom stereocenters. The van der Waals surface area contributed by atoms with E-state index in [4.69, 9.17) is 0 Å². The second-order valence-electron chi connectivity index (χ2n) is 6.15. The van der Waals surface area contributed by atoms with Crippen molar-refractivity contribution < 1.29 is 14.8 Å². The predicted octanol–water partition coefficient (Wildman–Crippen LogP) is 3.12. The van der Waals surface area contributed by atoms with Gasteiger partial charge in [-0.1, -0.05) is 12.1 Å². The van der Waals surface area contributed by atoms with Crippen LogP contribution in [0.5, 0.6) is 0 Å². The Morgan fingerprint density at radius 2 is 2.04 bits per heavy atom. The topological polar surface area (TPSA) is 102 Å². The number of benzene rings is 2. The van der Waals surface area contributed by atoms with Gasteiger partial charge in [-0.25, -0.2) is 9.78 Å². The number of nitro groups is 1. The molecule has 0 spiro atoms. The maximum absolute atomic E-state index is 11.4. The van der Waals surface area contributed by atoms with Crippen molar-refractivity contribution in [3.05, 3.63) is 63.5 Å². The molecule has 0 unspecified atom stereocenters. The van der Waals surface area contributed by atoms with E-state index in [0.29, 0.717) is 17.8 Å². The first-order valence-corrected chi connectivity index (χ1v) is 7.93. The quantitative estimate of drug-likeness (QED) is 0.558. The maximum Gasteiger partial charge on any atom is 0.342 e. The van der Waals surface area contributed by atoms with Crippen LogP contribution in [0.15, 0.2) is 36.4 Å². The molecule has 0 radical (unpaired) electrons. The summed E-state index contributed by atoms with van der Waals surface area (Å²) in [6.45, 7) is 1.97. The number of carbonyl (C=O) groups is 1. The molecule has 3 aromatic rings. The molecule has 8 heteroatoms. The zero-order chi connectivity index (χ0) is 19.0. The Morgan fingerprint density at radius 3 is 2.65 bits per heavy atom. The highest BCUT2D eigenvalue weighted by atomic mass is 16.6. The highest BCUT2D eigenvalue weighted by molar-refractivity contribution is 5.94. The lowest BCUT2D eigenvalue weighted by Crippen LogP contribution is -2.20. The number of aryl methyl sites for hydroxylation is 2. The van der Waals surface area contributed by atoms with E-state index in [1.807, 2.05) is 40.8 Å². The van der Waals surface area contributed by atoms with Crippen molar-refractivity contribution in [1.82, 2.24) is 9.55 Å². The summed E-state index contributed by atoms with van der Waals surface area (Å²) >= 11 is 0. The Balaban J connectivity index is 1.99. The molecule has 3 rings (SSSR count). The number of aromatic nitrogens is 2. The van der Waals surface area contributed by atoms with Crippen LogP contribution >= 0.6 is 0 Å². The third kappa shape index (κ3) is 2.97. The Kier molecular flexibility index (Phi) is 4.33. The summed E-state index contributed by atoms with van der Waals surface area (Å²) in [6, 6.07) is 10.7. The van der Waals surface area contributed by atoms with Crippen LogP contribution in [0, 0.1) is 17.0 Å². The van der Waals surface area contributed by atoms with E-state index in [-0.39, 0.29) is 11.3 Å². The Bertz CT molecular complexity index is 1030. The summed E-state index contributed by atoms with van der Waals surface area (Å²) in [5.74, 6) is -0.514. The van der Waals surface area contributed by atoms with Crippen LogP contribution in [0.1, 0.15) is 21.7 Å². The molecule has 0 fully saturated rings. The van der Waals surface area contributed by atoms with E-state index in [9.17, 15) is 20.0 Å². The number of hydrogen-bond donors (Lipinski definition) is 1. The number of fused-ring (bicyclic) bond motifs is 1. The number of imidazole rings is 1. The van der Waals surface area contributed by atoms with Gasteiger partial charge in [0.15, 0.2) is 0 Å². The van der Waals surface area contributed by atoms with Crippen LogP contribution in [0.2, 0.25) is 0 Å². The van der Waals surface area contributed by atoms with E-state index in [0.717, 1.165) is 16.9 Å². The van der Waals surface area contributed by atoms with Gasteiger partial charge in [-0.15, -0.1) is 0 Å². The van der Waals surface area contributed by atoms with Crippen LogP contribution in [0.3, 0.4) is 0 Å². The van der Waals surface area contributed by atoms with Gasteiger partial charge in [-0.05, 0) is 31.2 Å². The number of nitro benzene ring substituents is 1. The minimum absolute atomic E-state index is 0.307. The molecule has 26 heavy (non-hydrogen) atoms. The lowest BCUT2D eigenvalue weighted by molar-refractivity contribution is -0.385. The second kappa shape index (κ2) is 6.47. The number of carboxylic acid groups (broad SMARTS) is 1. The van der Waals surface area contributed by atoms with Crippen molar-refractivity contribution >= 4 is 28.4 Å². The SMILES string of the molecule is Cc1cc(N(C)Cc2nc3ccccc3n2C)cc(C(=O)O)c1[N+](=O)[O-]. The van der Waals surface area contributed by atoms with Crippen molar-refractivity contribution in [3.63, 3.8) is 0 Å². The molecular weight excluding hydrogens is 336 g/mol. The number of carboxylic acids is 1. The highest BCUT2D eigenvalue weighted by Crippen LogP contribution is 2.30. The first-order valence-electron chi connectivity index (χ1n) is 7.93. The van der Waals surface area contributed by atoms with Crippen LogP contribution in [-0.4, -0.2) is 32.6 Å². The van der Waals surface area contributed by atoms with E-state index < -0.39 is 10.9 Å². The molecule has 1 aromatic heterocycles. The van der Waals surface area contributed by atoms with Crippen LogP contribution in [-0.2, 0) is 13.6 Å². The number of hydrogen-bond acceptors (Lipinski definition) is 5. The smallest absolute Gasteiger partial charge is 0.342 e. The van der Waals surface area contributed by atoms with Crippen LogP contribution in [0.4, 0.5) is 11.4 Å². The van der Waals surface area contributed by atoms with E-state index in [1.54, 1.807) is 13.1 Å². The molecule has 0 aliphatic heterocycles. The van der Waals surface area contributed by atoms with Gasteiger partial charge < -0.3 is 14.6 Å². The maximum atomic E-state index is 11.4. The fourth-order valence-corrected chi connectivity index (χ4v) is 3.03. The lowest BCUT2D eigenvalue weighted by atomic mass is 10.1. The Morgan fingerprint density at radius 1 is 1.35 bits per heavy atom. The molecule has 0 amide bonds. The first kappa shape index (κ1) is 17.4. The fraction of sp³-hybridized carbons (Fsp3) is 0.222. The van der Waals surface area contributed by atoms with Gasteiger partial charge in [-0.3, -0.25) is 10.1 Å². The molecule has 0 saturated carbocycles. The summed E-state index contributed by atoms with van der Waals surface area (Å²) in [5, 5.41) is 20.5. The molecule has 8 nitrogen and oxygen atoms in total. The largest absolute Gasteiger partial charge is 0.477 e. The zero-order valence-electron chi connectivity index (χ0n) is 14.6. The molecule has 0 aliphatic carbocycles. The van der Waals surface area contributed by atoms with E-state index in [2.05, 4.69) is 4.98 Å². The molecule has 0 aliphatic rings. The predicted molar refractivity (Wildman–Crippen MR) is 97.6 cm³/mol. The minimum atomic E-state index is -1.32. The van der Waals surface area contributed by atoms with Crippen LogP contribution in [0.25, 0.3) is 11.0 Å². The number of aromatic carboxylic acids is 1. The van der Waals surface area contributed by atoms with Crippen molar-refractivity contribution in [2.75, 3.05) is 11.9 Å². The fourth-order valence-electron chi connectivity index (χ4n) is 3.03. The number of para-hydroxylation sites is 2. The van der Waals surface area contributed by atoms with Crippen LogP contribution < -0.4 is 4.90 Å². The lowest BCUT2D eigenvalue weighted by Gasteiger charge is -2.20. The summed E-state index contributed by atoms with van der Waals surface area (Å²) in [5.41, 5.74) is 2.07. The number of nitrogens with zero attached hydrogens (tertiary/aromatic N) is 4. The minimum Gasteiger partial charge on any atom is -0.477 e. The summed E-state index contributed by atoms with van der Waals surface area (Å²) in [6.07, 6.45) is 0. The molecule has 1 N–H and O–H groups in total. The Hall–Kier alpha value is -3.42. The monoisotopic (exact) mass is 354 g/mol. The van der Waals surface area contributed by atoms with Gasteiger partial charge >= 0.3 is 5.97 Å². The molecule has 1 heterocycles. The highest BCUT2D eigenvalue weighted by Gasteiger charge is 2.24. The van der Waals surface area contributed by atoms with Gasteiger partial charge in [0, 0.05) is 25.3 Å². The zero-order valence-corrected chi connectivity index (χ0v) is 14.6. The Labute approximate surface area is 149 Å². The van der Waals surface area contributed by atoms with Gasteiger partial charge in [0.25, 0.3) is 5.69 Å². The third-order valence-electron chi connectivity index (χ3n) is 4.40. The van der Waals surface area contributed by atoms with Gasteiger partial charge in [0.2, 0.25) is 0 Å². The van der Waals surface area contributed by atoms with Gasteiger partial charge in [0.1, 0.15) is 11.4 Å². The number of rotatable bonds is 5.